The lowest BCUT2D eigenvalue weighted by atomic mass is 10.2. The molecule has 0 radical (unpaired) electrons. The first kappa shape index (κ1) is 12.7. The molecule has 1 aliphatic rings. The summed E-state index contributed by atoms with van der Waals surface area (Å²) in [6.07, 6.45) is 3.45. The summed E-state index contributed by atoms with van der Waals surface area (Å²) in [6.45, 7) is 0.797. The van der Waals surface area contributed by atoms with E-state index in [0.29, 0.717) is 5.88 Å². The molecule has 1 aliphatic heterocycles. The molecule has 2 aromatic heterocycles. The Kier molecular flexibility index (Phi) is 3.14. The maximum absolute atomic E-state index is 11.6. The van der Waals surface area contributed by atoms with Gasteiger partial charge in [0.2, 0.25) is 11.8 Å². The van der Waals surface area contributed by atoms with Crippen molar-refractivity contribution >= 4 is 22.6 Å². The Morgan fingerprint density at radius 1 is 1.45 bits per heavy atom. The first-order chi connectivity index (χ1) is 9.70. The average Bonchev–Trinajstić information content (AvgIpc) is 2.95. The average molecular weight is 272 g/mol. The van der Waals surface area contributed by atoms with Gasteiger partial charge < -0.3 is 15.4 Å². The lowest BCUT2D eigenvalue weighted by molar-refractivity contribution is -0.119. The number of hydrogen-bond donors (Lipinski definition) is 1. The number of pyridine rings is 2. The molecule has 1 saturated heterocycles. The van der Waals surface area contributed by atoms with Crippen molar-refractivity contribution in [2.45, 2.75) is 18.9 Å². The molecule has 3 rings (SSSR count). The highest BCUT2D eigenvalue weighted by molar-refractivity contribution is 5.92. The molecule has 0 aromatic carbocycles. The van der Waals surface area contributed by atoms with E-state index in [9.17, 15) is 4.79 Å². The van der Waals surface area contributed by atoms with Crippen LogP contribution in [0.4, 0.5) is 5.69 Å². The van der Waals surface area contributed by atoms with Crippen LogP contribution in [0.5, 0.6) is 5.88 Å². The number of carbonyl (C=O) groups excluding carboxylic acids is 1. The number of rotatable bonds is 3. The SMILES string of the molecule is COc1ccc2nccc(N3CCCC3C(N)=O)c2n1. The Hall–Kier alpha value is -2.37. The van der Waals surface area contributed by atoms with E-state index in [1.54, 1.807) is 19.4 Å². The molecule has 6 nitrogen and oxygen atoms in total. The second-order valence-corrected chi connectivity index (χ2v) is 4.81. The highest BCUT2D eigenvalue weighted by Gasteiger charge is 2.30. The number of carbonyl (C=O) groups is 1. The van der Waals surface area contributed by atoms with E-state index in [-0.39, 0.29) is 11.9 Å². The zero-order valence-electron chi connectivity index (χ0n) is 11.2. The quantitative estimate of drug-likeness (QED) is 0.904. The van der Waals surface area contributed by atoms with Crippen LogP contribution >= 0.6 is 0 Å². The topological polar surface area (TPSA) is 81.3 Å². The number of fused-ring (bicyclic) bond motifs is 1. The molecule has 3 heterocycles. The van der Waals surface area contributed by atoms with Crippen LogP contribution in [-0.4, -0.2) is 35.6 Å². The van der Waals surface area contributed by atoms with E-state index in [4.69, 9.17) is 10.5 Å². The fourth-order valence-electron chi connectivity index (χ4n) is 2.69. The van der Waals surface area contributed by atoms with Gasteiger partial charge in [0.05, 0.1) is 18.3 Å². The van der Waals surface area contributed by atoms with E-state index >= 15 is 0 Å². The van der Waals surface area contributed by atoms with Crippen LogP contribution in [0.15, 0.2) is 24.4 Å². The van der Waals surface area contributed by atoms with Gasteiger partial charge in [-0.25, -0.2) is 4.98 Å². The molecule has 6 heteroatoms. The molecule has 0 saturated carbocycles. The lowest BCUT2D eigenvalue weighted by Crippen LogP contribution is -2.40. The highest BCUT2D eigenvalue weighted by atomic mass is 16.5. The molecule has 1 atom stereocenters. The highest BCUT2D eigenvalue weighted by Crippen LogP contribution is 2.31. The van der Waals surface area contributed by atoms with Crippen LogP contribution in [-0.2, 0) is 4.79 Å². The van der Waals surface area contributed by atoms with Gasteiger partial charge in [0.25, 0.3) is 0 Å². The summed E-state index contributed by atoms with van der Waals surface area (Å²) >= 11 is 0. The molecule has 0 aliphatic carbocycles. The Bertz CT molecular complexity index is 659. The number of methoxy groups -OCH3 is 1. The number of ether oxygens (including phenoxy) is 1. The molecule has 1 amide bonds. The monoisotopic (exact) mass is 272 g/mol. The number of hydrogen-bond acceptors (Lipinski definition) is 5. The van der Waals surface area contributed by atoms with Gasteiger partial charge in [-0.05, 0) is 25.0 Å². The van der Waals surface area contributed by atoms with Crippen LogP contribution < -0.4 is 15.4 Å². The van der Waals surface area contributed by atoms with Crippen molar-refractivity contribution in [3.63, 3.8) is 0 Å². The van der Waals surface area contributed by atoms with Crippen LogP contribution in [0.3, 0.4) is 0 Å². The summed E-state index contributed by atoms with van der Waals surface area (Å²) in [7, 11) is 1.58. The second-order valence-electron chi connectivity index (χ2n) is 4.81. The zero-order chi connectivity index (χ0) is 14.1. The minimum atomic E-state index is -0.296. The predicted molar refractivity (Wildman–Crippen MR) is 75.7 cm³/mol. The van der Waals surface area contributed by atoms with Gasteiger partial charge >= 0.3 is 0 Å². The Morgan fingerprint density at radius 3 is 3.05 bits per heavy atom. The summed E-state index contributed by atoms with van der Waals surface area (Å²) in [5.74, 6) is 0.233. The van der Waals surface area contributed by atoms with Crippen LogP contribution in [0.2, 0.25) is 0 Å². The molecular formula is C14H16N4O2. The maximum Gasteiger partial charge on any atom is 0.240 e. The Balaban J connectivity index is 2.13. The standard InChI is InChI=1S/C14H16N4O2/c1-20-12-5-4-9-13(17-12)10(6-7-16-9)18-8-2-3-11(18)14(15)19/h4-7,11H,2-3,8H2,1H3,(H2,15,19). The fourth-order valence-corrected chi connectivity index (χ4v) is 2.69. The van der Waals surface area contributed by atoms with Crippen LogP contribution in [0, 0.1) is 0 Å². The first-order valence-corrected chi connectivity index (χ1v) is 6.56. The molecule has 2 aromatic rings. The molecule has 1 unspecified atom stereocenters. The molecular weight excluding hydrogens is 256 g/mol. The van der Waals surface area contributed by atoms with Crippen molar-refractivity contribution in [2.24, 2.45) is 5.73 Å². The largest absolute Gasteiger partial charge is 0.481 e. The van der Waals surface area contributed by atoms with Crippen LogP contribution in [0.25, 0.3) is 11.0 Å². The summed E-state index contributed by atoms with van der Waals surface area (Å²) in [5, 5.41) is 0. The number of amides is 1. The molecule has 2 N–H and O–H groups in total. The first-order valence-electron chi connectivity index (χ1n) is 6.56. The minimum Gasteiger partial charge on any atom is -0.481 e. The summed E-state index contributed by atoms with van der Waals surface area (Å²) < 4.78 is 5.17. The molecule has 20 heavy (non-hydrogen) atoms. The van der Waals surface area contributed by atoms with E-state index < -0.39 is 0 Å². The Labute approximate surface area is 116 Å². The number of primary amides is 1. The molecule has 0 bridgehead atoms. The number of anilines is 1. The van der Waals surface area contributed by atoms with E-state index in [1.807, 2.05) is 17.0 Å². The third-order valence-electron chi connectivity index (χ3n) is 3.64. The summed E-state index contributed by atoms with van der Waals surface area (Å²) in [5.41, 5.74) is 7.88. The van der Waals surface area contributed by atoms with E-state index in [0.717, 1.165) is 36.1 Å². The van der Waals surface area contributed by atoms with Gasteiger partial charge in [-0.2, -0.15) is 0 Å². The third kappa shape index (κ3) is 2.03. The predicted octanol–water partition coefficient (Wildman–Crippen LogP) is 1.09. The van der Waals surface area contributed by atoms with Gasteiger partial charge in [-0.15, -0.1) is 0 Å². The summed E-state index contributed by atoms with van der Waals surface area (Å²) in [6, 6.07) is 5.23. The van der Waals surface area contributed by atoms with Crippen molar-refractivity contribution in [3.8, 4) is 5.88 Å². The van der Waals surface area contributed by atoms with Gasteiger partial charge in [0.1, 0.15) is 11.6 Å². The normalized spacial score (nSPS) is 18.4. The van der Waals surface area contributed by atoms with Crippen molar-refractivity contribution in [1.82, 2.24) is 9.97 Å². The molecule has 0 spiro atoms. The Morgan fingerprint density at radius 2 is 2.30 bits per heavy atom. The van der Waals surface area contributed by atoms with E-state index in [1.165, 1.54) is 0 Å². The summed E-state index contributed by atoms with van der Waals surface area (Å²) in [4.78, 5) is 22.3. The number of aromatic nitrogens is 2. The van der Waals surface area contributed by atoms with Gasteiger partial charge in [0, 0.05) is 18.8 Å². The minimum absolute atomic E-state index is 0.270. The van der Waals surface area contributed by atoms with Gasteiger partial charge in [-0.3, -0.25) is 9.78 Å². The van der Waals surface area contributed by atoms with E-state index in [2.05, 4.69) is 9.97 Å². The number of nitrogens with zero attached hydrogens (tertiary/aromatic N) is 3. The van der Waals surface area contributed by atoms with Crippen molar-refractivity contribution in [2.75, 3.05) is 18.6 Å². The van der Waals surface area contributed by atoms with Gasteiger partial charge in [-0.1, -0.05) is 0 Å². The van der Waals surface area contributed by atoms with Crippen molar-refractivity contribution in [3.05, 3.63) is 24.4 Å². The smallest absolute Gasteiger partial charge is 0.240 e. The molecule has 104 valence electrons. The lowest BCUT2D eigenvalue weighted by Gasteiger charge is -2.25. The maximum atomic E-state index is 11.6. The van der Waals surface area contributed by atoms with Crippen LogP contribution in [0.1, 0.15) is 12.8 Å². The fraction of sp³-hybridized carbons (Fsp3) is 0.357. The van der Waals surface area contributed by atoms with Gasteiger partial charge in [0.15, 0.2) is 0 Å². The second kappa shape index (κ2) is 4.96. The zero-order valence-corrected chi connectivity index (χ0v) is 11.2. The van der Waals surface area contributed by atoms with Crippen molar-refractivity contribution in [1.29, 1.82) is 0 Å². The third-order valence-corrected chi connectivity index (χ3v) is 3.64. The van der Waals surface area contributed by atoms with Crippen molar-refractivity contribution < 1.29 is 9.53 Å². The number of nitrogens with two attached hydrogens (primary N) is 1. The molecule has 1 fully saturated rings.